The largest absolute Gasteiger partial charge is 0.496 e. The third-order valence-electron chi connectivity index (χ3n) is 3.89. The van der Waals surface area contributed by atoms with Crippen LogP contribution in [-0.2, 0) is 0 Å². The zero-order valence-corrected chi connectivity index (χ0v) is 12.5. The van der Waals surface area contributed by atoms with Gasteiger partial charge in [-0.05, 0) is 63.5 Å². The first-order chi connectivity index (χ1) is 9.17. The summed E-state index contributed by atoms with van der Waals surface area (Å²) in [5, 5.41) is 0.803. The van der Waals surface area contributed by atoms with Gasteiger partial charge in [0.25, 0.3) is 0 Å². The van der Waals surface area contributed by atoms with Gasteiger partial charge in [0, 0.05) is 16.6 Å². The van der Waals surface area contributed by atoms with Gasteiger partial charge < -0.3 is 10.5 Å². The topological polar surface area (TPSA) is 38.5 Å². The van der Waals surface area contributed by atoms with Crippen LogP contribution in [0.4, 0.5) is 0 Å². The Labute approximate surface area is 120 Å². The highest BCUT2D eigenvalue weighted by Gasteiger charge is 2.25. The Balaban J connectivity index is 2.36. The summed E-state index contributed by atoms with van der Waals surface area (Å²) in [4.78, 5) is 2.50. The summed E-state index contributed by atoms with van der Waals surface area (Å²) in [7, 11) is 1.72. The van der Waals surface area contributed by atoms with Gasteiger partial charge in [-0.3, -0.25) is 4.90 Å². The molecule has 0 saturated carbocycles. The van der Waals surface area contributed by atoms with Crippen LogP contribution in [-0.4, -0.2) is 31.6 Å². The predicted octanol–water partition coefficient (Wildman–Crippen LogP) is 3.14. The van der Waals surface area contributed by atoms with Crippen molar-refractivity contribution in [3.63, 3.8) is 0 Å². The molecule has 1 aliphatic heterocycles. The predicted molar refractivity (Wildman–Crippen MR) is 80.0 cm³/mol. The fourth-order valence-corrected chi connectivity index (χ4v) is 3.03. The average Bonchev–Trinajstić information content (AvgIpc) is 2.92. The highest BCUT2D eigenvalue weighted by atomic mass is 35.5. The van der Waals surface area contributed by atoms with E-state index < -0.39 is 0 Å². The number of halogens is 1. The van der Waals surface area contributed by atoms with Crippen LogP contribution in [0, 0.1) is 6.92 Å². The number of benzene rings is 1. The lowest BCUT2D eigenvalue weighted by molar-refractivity contribution is 0.230. The molecular weight excluding hydrogens is 260 g/mol. The van der Waals surface area contributed by atoms with Gasteiger partial charge in [-0.1, -0.05) is 11.6 Å². The van der Waals surface area contributed by atoms with Crippen LogP contribution < -0.4 is 10.5 Å². The molecule has 3 nitrogen and oxygen atoms in total. The fraction of sp³-hybridized carbons (Fsp3) is 0.600. The van der Waals surface area contributed by atoms with Crippen LogP contribution in [0.5, 0.6) is 5.75 Å². The average molecular weight is 283 g/mol. The van der Waals surface area contributed by atoms with Crippen LogP contribution >= 0.6 is 11.6 Å². The maximum atomic E-state index is 6.29. The van der Waals surface area contributed by atoms with Crippen molar-refractivity contribution >= 4 is 11.6 Å². The quantitative estimate of drug-likeness (QED) is 0.902. The molecule has 1 aromatic carbocycles. The fourth-order valence-electron chi connectivity index (χ4n) is 2.85. The molecule has 19 heavy (non-hydrogen) atoms. The van der Waals surface area contributed by atoms with E-state index in [2.05, 4.69) is 4.90 Å². The van der Waals surface area contributed by atoms with Crippen molar-refractivity contribution in [3.05, 3.63) is 28.3 Å². The first-order valence-electron chi connectivity index (χ1n) is 6.95. The van der Waals surface area contributed by atoms with Gasteiger partial charge in [0.05, 0.1) is 7.11 Å². The summed E-state index contributed by atoms with van der Waals surface area (Å²) in [5.74, 6) is 0.923. The molecule has 0 amide bonds. The van der Waals surface area contributed by atoms with E-state index in [1.165, 1.54) is 18.4 Å². The standard InChI is InChI=1S/C15H23ClN2O/c1-11-9-15(19-2)12(10-13(11)16)14(5-6-17)18-7-3-4-8-18/h9-10,14H,3-8,17H2,1-2H3. The van der Waals surface area contributed by atoms with Crippen molar-refractivity contribution in [1.82, 2.24) is 4.90 Å². The van der Waals surface area contributed by atoms with Gasteiger partial charge in [-0.25, -0.2) is 0 Å². The molecule has 0 aliphatic carbocycles. The molecule has 0 aromatic heterocycles. The Morgan fingerprint density at radius 2 is 2.05 bits per heavy atom. The number of aryl methyl sites for hydroxylation is 1. The minimum absolute atomic E-state index is 0.320. The zero-order valence-electron chi connectivity index (χ0n) is 11.8. The summed E-state index contributed by atoms with van der Waals surface area (Å²) in [6.07, 6.45) is 3.47. The number of methoxy groups -OCH3 is 1. The molecule has 2 N–H and O–H groups in total. The first-order valence-corrected chi connectivity index (χ1v) is 7.33. The molecule has 0 spiro atoms. The maximum absolute atomic E-state index is 6.29. The summed E-state index contributed by atoms with van der Waals surface area (Å²) in [5.41, 5.74) is 8.02. The van der Waals surface area contributed by atoms with Gasteiger partial charge in [0.15, 0.2) is 0 Å². The number of nitrogens with two attached hydrogens (primary N) is 1. The third kappa shape index (κ3) is 3.22. The Morgan fingerprint density at radius 1 is 1.37 bits per heavy atom. The van der Waals surface area contributed by atoms with Crippen molar-refractivity contribution in [3.8, 4) is 5.75 Å². The van der Waals surface area contributed by atoms with E-state index >= 15 is 0 Å². The normalized spacial score (nSPS) is 17.7. The molecule has 4 heteroatoms. The van der Waals surface area contributed by atoms with Crippen LogP contribution in [0.15, 0.2) is 12.1 Å². The van der Waals surface area contributed by atoms with Crippen LogP contribution in [0.25, 0.3) is 0 Å². The molecule has 2 rings (SSSR count). The SMILES string of the molecule is COc1cc(C)c(Cl)cc1C(CCN)N1CCCC1. The summed E-state index contributed by atoms with van der Waals surface area (Å²) in [6.45, 7) is 4.96. The monoisotopic (exact) mass is 282 g/mol. The van der Waals surface area contributed by atoms with Gasteiger partial charge in [-0.2, -0.15) is 0 Å². The Morgan fingerprint density at radius 3 is 2.63 bits per heavy atom. The van der Waals surface area contributed by atoms with E-state index in [4.69, 9.17) is 22.1 Å². The summed E-state index contributed by atoms with van der Waals surface area (Å²) < 4.78 is 5.54. The molecule has 1 saturated heterocycles. The van der Waals surface area contributed by atoms with Gasteiger partial charge in [0.1, 0.15) is 5.75 Å². The van der Waals surface area contributed by atoms with E-state index in [9.17, 15) is 0 Å². The van der Waals surface area contributed by atoms with Crippen molar-refractivity contribution in [2.75, 3.05) is 26.7 Å². The number of ether oxygens (including phenoxy) is 1. The molecule has 0 bridgehead atoms. The molecule has 1 heterocycles. The zero-order chi connectivity index (χ0) is 13.8. The molecule has 0 radical (unpaired) electrons. The van der Waals surface area contributed by atoms with Gasteiger partial charge in [-0.15, -0.1) is 0 Å². The number of rotatable bonds is 5. The van der Waals surface area contributed by atoms with Gasteiger partial charge in [0.2, 0.25) is 0 Å². The highest BCUT2D eigenvalue weighted by Crippen LogP contribution is 2.36. The lowest BCUT2D eigenvalue weighted by Crippen LogP contribution is -2.28. The lowest BCUT2D eigenvalue weighted by Gasteiger charge is -2.29. The second-order valence-corrected chi connectivity index (χ2v) is 5.59. The first kappa shape index (κ1) is 14.6. The number of hydrogen-bond acceptors (Lipinski definition) is 3. The molecule has 1 atom stereocenters. The molecule has 106 valence electrons. The van der Waals surface area contributed by atoms with Crippen molar-refractivity contribution in [1.29, 1.82) is 0 Å². The summed E-state index contributed by atoms with van der Waals surface area (Å²) >= 11 is 6.29. The van der Waals surface area contributed by atoms with Crippen LogP contribution in [0.1, 0.15) is 36.4 Å². The number of likely N-dealkylation sites (tertiary alicyclic amines) is 1. The second-order valence-electron chi connectivity index (χ2n) is 5.18. The van der Waals surface area contributed by atoms with E-state index in [0.29, 0.717) is 12.6 Å². The maximum Gasteiger partial charge on any atom is 0.124 e. The van der Waals surface area contributed by atoms with Gasteiger partial charge >= 0.3 is 0 Å². The summed E-state index contributed by atoms with van der Waals surface area (Å²) in [6, 6.07) is 4.39. The van der Waals surface area contributed by atoms with Crippen molar-refractivity contribution in [2.45, 2.75) is 32.2 Å². The van der Waals surface area contributed by atoms with Crippen LogP contribution in [0.2, 0.25) is 5.02 Å². The number of nitrogens with zero attached hydrogens (tertiary/aromatic N) is 1. The van der Waals surface area contributed by atoms with E-state index in [1.807, 2.05) is 19.1 Å². The molecular formula is C15H23ClN2O. The highest BCUT2D eigenvalue weighted by molar-refractivity contribution is 6.31. The van der Waals surface area contributed by atoms with Crippen molar-refractivity contribution in [2.24, 2.45) is 5.73 Å². The minimum Gasteiger partial charge on any atom is -0.496 e. The Hall–Kier alpha value is -0.770. The van der Waals surface area contributed by atoms with E-state index in [1.54, 1.807) is 7.11 Å². The molecule has 1 fully saturated rings. The smallest absolute Gasteiger partial charge is 0.124 e. The van der Waals surface area contributed by atoms with E-state index in [0.717, 1.165) is 35.8 Å². The van der Waals surface area contributed by atoms with Crippen LogP contribution in [0.3, 0.4) is 0 Å². The van der Waals surface area contributed by atoms with Crippen molar-refractivity contribution < 1.29 is 4.74 Å². The number of hydrogen-bond donors (Lipinski definition) is 1. The Bertz CT molecular complexity index is 430. The Kier molecular flexibility index (Phi) is 5.08. The second kappa shape index (κ2) is 6.60. The molecule has 1 aromatic rings. The molecule has 1 unspecified atom stereocenters. The third-order valence-corrected chi connectivity index (χ3v) is 4.30. The van der Waals surface area contributed by atoms with E-state index in [-0.39, 0.29) is 0 Å². The minimum atomic E-state index is 0.320. The molecule has 1 aliphatic rings. The lowest BCUT2D eigenvalue weighted by atomic mass is 9.99.